The second-order valence-corrected chi connectivity index (χ2v) is 18.6. The first-order valence-corrected chi connectivity index (χ1v) is 24.5. The van der Waals surface area contributed by atoms with Crippen LogP contribution < -0.4 is 14.6 Å². The van der Waals surface area contributed by atoms with E-state index in [2.05, 4.69) is 95.5 Å². The lowest BCUT2D eigenvalue weighted by Crippen LogP contribution is -2.28. The van der Waals surface area contributed by atoms with Gasteiger partial charge >= 0.3 is 15.6 Å². The third kappa shape index (κ3) is 9.19. The van der Waals surface area contributed by atoms with Crippen LogP contribution in [0.5, 0.6) is 5.75 Å². The first-order chi connectivity index (χ1) is 35.1. The zero-order chi connectivity index (χ0) is 49.2. The van der Waals surface area contributed by atoms with Crippen molar-refractivity contribution >= 4 is 15.8 Å². The van der Waals surface area contributed by atoms with E-state index in [0.29, 0.717) is 22.3 Å². The van der Waals surface area contributed by atoms with Gasteiger partial charge in [0.1, 0.15) is 0 Å². The zero-order valence-corrected chi connectivity index (χ0v) is 39.1. The third-order valence-electron chi connectivity index (χ3n) is 12.6. The van der Waals surface area contributed by atoms with Gasteiger partial charge in [-0.3, -0.25) is 9.99 Å². The highest BCUT2D eigenvalue weighted by atomic mass is 32.2. The molecule has 10 aromatic rings. The molecule has 0 spiro atoms. The summed E-state index contributed by atoms with van der Waals surface area (Å²) in [5, 5.41) is 6.37. The molecule has 1 aliphatic rings. The minimum atomic E-state index is -6.12. The number of benzene rings is 8. The minimum absolute atomic E-state index is 0.0499. The van der Waals surface area contributed by atoms with E-state index >= 15 is 0 Å². The van der Waals surface area contributed by atoms with Crippen molar-refractivity contribution in [2.75, 3.05) is 11.6 Å². The molecule has 0 amide bonds. The summed E-state index contributed by atoms with van der Waals surface area (Å²) in [5.41, 5.74) is 11.4. The molecule has 0 bridgehead atoms. The van der Waals surface area contributed by atoms with Crippen molar-refractivity contribution < 1.29 is 25.8 Å². The smallest absolute Gasteiger partial charge is 0.375 e. The summed E-state index contributed by atoms with van der Waals surface area (Å²) in [6.07, 6.45) is 9.06. The number of alkyl halides is 3. The van der Waals surface area contributed by atoms with Crippen LogP contribution >= 0.6 is 0 Å². The Morgan fingerprint density at radius 2 is 0.986 bits per heavy atom. The fourth-order valence-electron chi connectivity index (χ4n) is 9.11. The van der Waals surface area contributed by atoms with Gasteiger partial charge < -0.3 is 4.18 Å². The first kappa shape index (κ1) is 45.6. The van der Waals surface area contributed by atoms with Crippen LogP contribution in [0.15, 0.2) is 237 Å². The molecule has 0 unspecified atom stereocenters. The number of nitrogens with zero attached hydrogens (tertiary/aromatic N) is 4. The van der Waals surface area contributed by atoms with Gasteiger partial charge in [0.15, 0.2) is 5.75 Å². The van der Waals surface area contributed by atoms with Gasteiger partial charge in [-0.05, 0) is 127 Å². The average molecular weight is 970 g/mol. The summed E-state index contributed by atoms with van der Waals surface area (Å²) in [4.78, 5) is 4.75. The molecule has 11 rings (SSSR count). The second-order valence-electron chi connectivity index (χ2n) is 17.1. The Labute approximate surface area is 414 Å². The van der Waals surface area contributed by atoms with E-state index in [4.69, 9.17) is 9.17 Å². The number of aromatic nitrogens is 3. The Morgan fingerprint density at radius 1 is 0.486 bits per heavy atom. The molecule has 1 N–H and O–H groups in total. The highest BCUT2D eigenvalue weighted by Crippen LogP contribution is 2.45. The van der Waals surface area contributed by atoms with Crippen molar-refractivity contribution in [3.63, 3.8) is 0 Å². The van der Waals surface area contributed by atoms with Gasteiger partial charge in [0.05, 0.1) is 17.1 Å². The lowest BCUT2D eigenvalue weighted by Gasteiger charge is -2.19. The van der Waals surface area contributed by atoms with E-state index in [-0.39, 0.29) is 11.3 Å². The lowest BCUT2D eigenvalue weighted by atomic mass is 9.86. The van der Waals surface area contributed by atoms with Gasteiger partial charge in [-0.25, -0.2) is 10.1 Å². The predicted octanol–water partition coefficient (Wildman–Crippen LogP) is 14.7. The Bertz CT molecular complexity index is 3730. The number of nitrogens with one attached hydrogen (secondary N) is 1. The summed E-state index contributed by atoms with van der Waals surface area (Å²) >= 11 is 0. The lowest BCUT2D eigenvalue weighted by molar-refractivity contribution is -0.0499. The van der Waals surface area contributed by atoms with Crippen molar-refractivity contribution in [1.29, 1.82) is 0 Å². The van der Waals surface area contributed by atoms with Crippen LogP contribution in [0.1, 0.15) is 0 Å². The van der Waals surface area contributed by atoms with E-state index in [1.807, 2.05) is 121 Å². The Morgan fingerprint density at radius 3 is 1.53 bits per heavy atom. The number of hydrogen-bond donors (Lipinski definition) is 1. The second kappa shape index (κ2) is 19.2. The molecule has 12 heteroatoms. The molecule has 352 valence electrons. The van der Waals surface area contributed by atoms with Crippen LogP contribution in [0.2, 0.25) is 0 Å². The molecule has 0 aliphatic carbocycles. The maximum atomic E-state index is 14.2. The van der Waals surface area contributed by atoms with Gasteiger partial charge in [0.25, 0.3) is 0 Å². The number of pyridine rings is 1. The van der Waals surface area contributed by atoms with Crippen molar-refractivity contribution in [2.24, 2.45) is 0 Å². The fourth-order valence-corrected chi connectivity index (χ4v) is 9.58. The average Bonchev–Trinajstić information content (AvgIpc) is 4.18. The number of rotatable bonds is 12. The first-order valence-electron chi connectivity index (χ1n) is 23.1. The molecule has 1 aliphatic heterocycles. The van der Waals surface area contributed by atoms with Crippen molar-refractivity contribution in [2.45, 2.75) is 5.51 Å². The predicted molar refractivity (Wildman–Crippen MR) is 280 cm³/mol. The van der Waals surface area contributed by atoms with E-state index in [1.165, 1.54) is 12.3 Å². The van der Waals surface area contributed by atoms with Gasteiger partial charge in [0.2, 0.25) is 0 Å². The molecule has 72 heavy (non-hydrogen) atoms. The maximum absolute atomic E-state index is 14.2. The SMILES string of the molecule is O=S(=O)(Oc1cc(-c2cccc(-c3ccccc3)c2)ncc1-c1ccccc1-c1cc(-c2ccccc2-c2ccc(N3C=CCN3)cc2)cc(-c2ccccc2-c2ccc(-n3cccn3)cc2)c1)C(F)(F)F. The summed E-state index contributed by atoms with van der Waals surface area (Å²) in [6.45, 7) is 0.749. The summed E-state index contributed by atoms with van der Waals surface area (Å²) in [6, 6.07) is 66.3. The standard InChI is InChI=1S/C60H42F3N5O3S/c61-60(62,63)72(69,70)71-59-39-58(45-16-10-15-44(35-45)41-13-2-1-3-14-41)64-40-57(59)56-22-9-8-21-55(56)48-37-46(53-19-6-4-17-51(53)42-23-27-49(28-24-42)67-33-11-31-65-67)36-47(38-48)54-20-7-5-18-52(54)43-25-29-50(30-26-43)68-34-12-32-66-68/h1-31,33-40,66H,32H2. The van der Waals surface area contributed by atoms with Gasteiger partial charge in [-0.1, -0.05) is 152 Å². The van der Waals surface area contributed by atoms with E-state index in [9.17, 15) is 21.6 Å². The number of hydrazine groups is 1. The maximum Gasteiger partial charge on any atom is 0.534 e. The van der Waals surface area contributed by atoms with Gasteiger partial charge in [0, 0.05) is 48.5 Å². The van der Waals surface area contributed by atoms with Crippen LogP contribution in [-0.2, 0) is 10.1 Å². The summed E-state index contributed by atoms with van der Waals surface area (Å²) in [7, 11) is -6.12. The van der Waals surface area contributed by atoms with Crippen molar-refractivity contribution in [1.82, 2.24) is 20.2 Å². The van der Waals surface area contributed by atoms with Crippen LogP contribution in [0.3, 0.4) is 0 Å². The molecule has 0 saturated heterocycles. The molecule has 8 aromatic carbocycles. The Hall–Kier alpha value is -8.84. The molecule has 2 aromatic heterocycles. The largest absolute Gasteiger partial charge is 0.534 e. The number of halogens is 3. The molecule has 0 saturated carbocycles. The topological polar surface area (TPSA) is 89.4 Å². The van der Waals surface area contributed by atoms with Crippen molar-refractivity contribution in [3.8, 4) is 101 Å². The minimum Gasteiger partial charge on any atom is -0.375 e. The van der Waals surface area contributed by atoms with Crippen molar-refractivity contribution in [3.05, 3.63) is 237 Å². The molecule has 0 atom stereocenters. The van der Waals surface area contributed by atoms with E-state index < -0.39 is 21.4 Å². The zero-order valence-electron chi connectivity index (χ0n) is 38.3. The molecule has 8 nitrogen and oxygen atoms in total. The van der Waals surface area contributed by atoms with Gasteiger partial charge in [-0.15, -0.1) is 0 Å². The molecule has 3 heterocycles. The number of hydrogen-bond acceptors (Lipinski definition) is 7. The normalized spacial score (nSPS) is 12.6. The molecular weight excluding hydrogens is 928 g/mol. The summed E-state index contributed by atoms with van der Waals surface area (Å²) in [5.74, 6) is -0.524. The molecule has 0 fully saturated rings. The Balaban J connectivity index is 1.08. The molecule has 0 radical (unpaired) electrons. The highest BCUT2D eigenvalue weighted by Gasteiger charge is 2.49. The quantitative estimate of drug-likeness (QED) is 0.0963. The Kier molecular flexibility index (Phi) is 12.1. The van der Waals surface area contributed by atoms with E-state index in [0.717, 1.165) is 73.6 Å². The fraction of sp³-hybridized carbons (Fsp3) is 0.0333. The van der Waals surface area contributed by atoms with Crippen LogP contribution in [0.4, 0.5) is 18.9 Å². The molecular formula is C60H42F3N5O3S. The van der Waals surface area contributed by atoms with E-state index in [1.54, 1.807) is 29.1 Å². The highest BCUT2D eigenvalue weighted by molar-refractivity contribution is 7.88. The summed E-state index contributed by atoms with van der Waals surface area (Å²) < 4.78 is 75.4. The van der Waals surface area contributed by atoms with Crippen LogP contribution in [-0.4, -0.2) is 35.2 Å². The van der Waals surface area contributed by atoms with Crippen LogP contribution in [0.25, 0.3) is 94.8 Å². The van der Waals surface area contributed by atoms with Gasteiger partial charge in [-0.2, -0.15) is 26.7 Å². The number of anilines is 1. The monoisotopic (exact) mass is 969 g/mol. The third-order valence-corrected chi connectivity index (χ3v) is 13.6. The van der Waals surface area contributed by atoms with Crippen LogP contribution in [0, 0.1) is 0 Å².